The molecule has 2 rings (SSSR count). The summed E-state index contributed by atoms with van der Waals surface area (Å²) in [5.74, 6) is 0.967. The number of rotatable bonds is 4. The highest BCUT2D eigenvalue weighted by Gasteiger charge is 2.16. The maximum absolute atomic E-state index is 14.0. The van der Waals surface area contributed by atoms with Gasteiger partial charge in [-0.2, -0.15) is 0 Å². The van der Waals surface area contributed by atoms with Crippen molar-refractivity contribution in [2.45, 2.75) is 46.2 Å². The Morgan fingerprint density at radius 3 is 2.67 bits per heavy atom. The lowest BCUT2D eigenvalue weighted by atomic mass is 10.2. The Kier molecular flexibility index (Phi) is 3.66. The summed E-state index contributed by atoms with van der Waals surface area (Å²) in [7, 11) is 0. The number of hydrogen-bond acceptors (Lipinski definition) is 2. The van der Waals surface area contributed by atoms with E-state index in [1.807, 2.05) is 10.6 Å². The molecule has 0 saturated heterocycles. The van der Waals surface area contributed by atoms with Gasteiger partial charge in [0.2, 0.25) is 0 Å². The second kappa shape index (κ2) is 5.06. The van der Waals surface area contributed by atoms with Gasteiger partial charge in [-0.25, -0.2) is 9.37 Å². The van der Waals surface area contributed by atoms with Gasteiger partial charge in [-0.1, -0.05) is 27.7 Å². The fourth-order valence-electron chi connectivity index (χ4n) is 2.03. The molecule has 0 aromatic carbocycles. The standard InChI is InChI=1S/C14H20FN3/c1-9(2)14-17-12(8-16-10(3)4)13-11(15)6-5-7-18(13)14/h5-7,9-10,16H,8H2,1-4H3. The molecule has 2 aromatic rings. The zero-order valence-electron chi connectivity index (χ0n) is 11.4. The van der Waals surface area contributed by atoms with Crippen molar-refractivity contribution in [3.63, 3.8) is 0 Å². The predicted molar refractivity (Wildman–Crippen MR) is 71.2 cm³/mol. The quantitative estimate of drug-likeness (QED) is 0.902. The Bertz CT molecular complexity index is 543. The van der Waals surface area contributed by atoms with Gasteiger partial charge < -0.3 is 9.72 Å². The first-order chi connectivity index (χ1) is 8.50. The van der Waals surface area contributed by atoms with E-state index in [4.69, 9.17) is 0 Å². The second-order valence-electron chi connectivity index (χ2n) is 5.18. The molecule has 3 nitrogen and oxygen atoms in total. The summed E-state index contributed by atoms with van der Waals surface area (Å²) in [6, 6.07) is 3.56. The second-order valence-corrected chi connectivity index (χ2v) is 5.18. The van der Waals surface area contributed by atoms with E-state index in [2.05, 4.69) is 38.0 Å². The first-order valence-electron chi connectivity index (χ1n) is 6.39. The van der Waals surface area contributed by atoms with Crippen LogP contribution in [0.3, 0.4) is 0 Å². The molecule has 0 atom stereocenters. The number of pyridine rings is 1. The Morgan fingerprint density at radius 2 is 2.06 bits per heavy atom. The zero-order chi connectivity index (χ0) is 13.3. The maximum Gasteiger partial charge on any atom is 0.149 e. The highest BCUT2D eigenvalue weighted by atomic mass is 19.1. The fourth-order valence-corrected chi connectivity index (χ4v) is 2.03. The molecular formula is C14H20FN3. The van der Waals surface area contributed by atoms with Crippen molar-refractivity contribution in [2.24, 2.45) is 0 Å². The lowest BCUT2D eigenvalue weighted by Gasteiger charge is -2.06. The Hall–Kier alpha value is -1.42. The van der Waals surface area contributed by atoms with Crippen molar-refractivity contribution >= 4 is 5.52 Å². The molecule has 0 aliphatic carbocycles. The van der Waals surface area contributed by atoms with Crippen LogP contribution in [0.25, 0.3) is 5.52 Å². The van der Waals surface area contributed by atoms with Crippen molar-refractivity contribution in [3.05, 3.63) is 35.7 Å². The molecule has 2 aromatic heterocycles. The third-order valence-corrected chi connectivity index (χ3v) is 2.91. The summed E-state index contributed by atoms with van der Waals surface area (Å²) in [6.45, 7) is 8.86. The van der Waals surface area contributed by atoms with Crippen LogP contribution in [-0.4, -0.2) is 15.4 Å². The molecule has 1 N–H and O–H groups in total. The first kappa shape index (κ1) is 13.0. The van der Waals surface area contributed by atoms with Gasteiger partial charge in [0.25, 0.3) is 0 Å². The third-order valence-electron chi connectivity index (χ3n) is 2.91. The van der Waals surface area contributed by atoms with Gasteiger partial charge in [0.1, 0.15) is 17.2 Å². The molecule has 4 heteroatoms. The number of nitrogens with one attached hydrogen (secondary N) is 1. The van der Waals surface area contributed by atoms with Gasteiger partial charge in [0, 0.05) is 24.7 Å². The van der Waals surface area contributed by atoms with Gasteiger partial charge >= 0.3 is 0 Å². The molecule has 0 radical (unpaired) electrons. The van der Waals surface area contributed by atoms with Crippen LogP contribution >= 0.6 is 0 Å². The molecule has 98 valence electrons. The van der Waals surface area contributed by atoms with Crippen molar-refractivity contribution in [2.75, 3.05) is 0 Å². The van der Waals surface area contributed by atoms with Crippen LogP contribution in [0.15, 0.2) is 18.3 Å². The monoisotopic (exact) mass is 249 g/mol. The lowest BCUT2D eigenvalue weighted by Crippen LogP contribution is -2.22. The van der Waals surface area contributed by atoms with E-state index in [0.717, 1.165) is 11.5 Å². The van der Waals surface area contributed by atoms with Crippen LogP contribution in [0.4, 0.5) is 4.39 Å². The number of aromatic nitrogens is 2. The van der Waals surface area contributed by atoms with Gasteiger partial charge in [0.15, 0.2) is 0 Å². The Labute approximate surface area is 107 Å². The van der Waals surface area contributed by atoms with E-state index < -0.39 is 0 Å². The summed E-state index contributed by atoms with van der Waals surface area (Å²) in [5, 5.41) is 3.29. The maximum atomic E-state index is 14.0. The zero-order valence-corrected chi connectivity index (χ0v) is 11.4. The molecule has 18 heavy (non-hydrogen) atoms. The minimum atomic E-state index is -0.211. The molecule has 0 bridgehead atoms. The average Bonchev–Trinajstić information content (AvgIpc) is 2.67. The molecule has 0 unspecified atom stereocenters. The molecule has 0 aliphatic heterocycles. The molecule has 0 saturated carbocycles. The van der Waals surface area contributed by atoms with Crippen molar-refractivity contribution in [1.82, 2.24) is 14.7 Å². The Morgan fingerprint density at radius 1 is 1.33 bits per heavy atom. The summed E-state index contributed by atoms with van der Waals surface area (Å²) in [4.78, 5) is 4.58. The highest BCUT2D eigenvalue weighted by Crippen LogP contribution is 2.21. The van der Waals surface area contributed by atoms with Crippen molar-refractivity contribution < 1.29 is 4.39 Å². The van der Waals surface area contributed by atoms with Gasteiger partial charge in [0.05, 0.1) is 5.69 Å². The smallest absolute Gasteiger partial charge is 0.149 e. The molecular weight excluding hydrogens is 229 g/mol. The van der Waals surface area contributed by atoms with E-state index in [-0.39, 0.29) is 11.7 Å². The summed E-state index contributed by atoms with van der Waals surface area (Å²) >= 11 is 0. The van der Waals surface area contributed by atoms with E-state index in [0.29, 0.717) is 18.1 Å². The van der Waals surface area contributed by atoms with E-state index in [9.17, 15) is 4.39 Å². The molecule has 0 fully saturated rings. The lowest BCUT2D eigenvalue weighted by molar-refractivity contribution is 0.580. The molecule has 0 amide bonds. The highest BCUT2D eigenvalue weighted by molar-refractivity contribution is 5.54. The van der Waals surface area contributed by atoms with Gasteiger partial charge in [-0.3, -0.25) is 0 Å². The topological polar surface area (TPSA) is 29.3 Å². The summed E-state index contributed by atoms with van der Waals surface area (Å²) in [6.07, 6.45) is 1.87. The number of hydrogen-bond donors (Lipinski definition) is 1. The minimum Gasteiger partial charge on any atom is -0.309 e. The first-order valence-corrected chi connectivity index (χ1v) is 6.39. The van der Waals surface area contributed by atoms with Crippen molar-refractivity contribution in [1.29, 1.82) is 0 Å². The van der Waals surface area contributed by atoms with Crippen LogP contribution in [-0.2, 0) is 6.54 Å². The van der Waals surface area contributed by atoms with Crippen LogP contribution in [0.1, 0.15) is 45.1 Å². The predicted octanol–water partition coefficient (Wildman–Crippen LogP) is 3.09. The van der Waals surface area contributed by atoms with Crippen LogP contribution in [0, 0.1) is 5.82 Å². The number of fused-ring (bicyclic) bond motifs is 1. The van der Waals surface area contributed by atoms with Gasteiger partial charge in [-0.05, 0) is 12.1 Å². The van der Waals surface area contributed by atoms with Gasteiger partial charge in [-0.15, -0.1) is 0 Å². The third kappa shape index (κ3) is 2.38. The van der Waals surface area contributed by atoms with E-state index >= 15 is 0 Å². The number of imidazole rings is 1. The largest absolute Gasteiger partial charge is 0.309 e. The van der Waals surface area contributed by atoms with Crippen LogP contribution < -0.4 is 5.32 Å². The van der Waals surface area contributed by atoms with Crippen molar-refractivity contribution in [3.8, 4) is 0 Å². The summed E-state index contributed by atoms with van der Waals surface area (Å²) in [5.41, 5.74) is 1.37. The Balaban J connectivity index is 2.52. The summed E-state index contributed by atoms with van der Waals surface area (Å²) < 4.78 is 15.8. The normalized spacial score (nSPS) is 11.9. The molecule has 0 aliphatic rings. The number of halogens is 1. The van der Waals surface area contributed by atoms with Crippen LogP contribution in [0.2, 0.25) is 0 Å². The fraction of sp³-hybridized carbons (Fsp3) is 0.500. The van der Waals surface area contributed by atoms with E-state index in [1.54, 1.807) is 6.07 Å². The number of nitrogens with zero attached hydrogens (tertiary/aromatic N) is 2. The van der Waals surface area contributed by atoms with Crippen LogP contribution in [0.5, 0.6) is 0 Å². The van der Waals surface area contributed by atoms with E-state index in [1.165, 1.54) is 6.07 Å². The molecule has 2 heterocycles. The average molecular weight is 249 g/mol. The minimum absolute atomic E-state index is 0.211. The SMILES string of the molecule is CC(C)NCc1nc(C(C)C)n2cccc(F)c12. The molecule has 0 spiro atoms.